The van der Waals surface area contributed by atoms with Crippen molar-refractivity contribution in [2.75, 3.05) is 5.73 Å². The molecule has 0 amide bonds. The molecule has 1 aromatic carbocycles. The molecule has 16 heavy (non-hydrogen) atoms. The maximum Gasteiger partial charge on any atom is 0.348 e. The molecule has 0 fully saturated rings. The van der Waals surface area contributed by atoms with Crippen LogP contribution in [0.5, 0.6) is 0 Å². The number of aromatic carboxylic acids is 1. The largest absolute Gasteiger partial charge is 0.477 e. The lowest BCUT2D eigenvalue weighted by atomic mass is 10.1. The SMILES string of the molecule is Cc1c(-c2ccccc2)sc(C(=O)O)c1N. The second-order valence-electron chi connectivity index (χ2n) is 3.47. The first-order valence-corrected chi connectivity index (χ1v) is 5.60. The van der Waals surface area contributed by atoms with Crippen LogP contribution in [-0.2, 0) is 0 Å². The number of carbonyl (C=O) groups is 1. The van der Waals surface area contributed by atoms with Gasteiger partial charge in [0.15, 0.2) is 0 Å². The Bertz CT molecular complexity index is 531. The molecule has 0 aliphatic heterocycles. The molecule has 3 N–H and O–H groups in total. The van der Waals surface area contributed by atoms with Crippen LogP contribution in [0.1, 0.15) is 15.2 Å². The van der Waals surface area contributed by atoms with Crippen LogP contribution >= 0.6 is 11.3 Å². The Balaban J connectivity index is 2.60. The van der Waals surface area contributed by atoms with Gasteiger partial charge in [0.25, 0.3) is 0 Å². The van der Waals surface area contributed by atoms with E-state index in [4.69, 9.17) is 10.8 Å². The smallest absolute Gasteiger partial charge is 0.348 e. The zero-order valence-corrected chi connectivity index (χ0v) is 9.54. The summed E-state index contributed by atoms with van der Waals surface area (Å²) < 4.78 is 0. The molecule has 0 bridgehead atoms. The van der Waals surface area contributed by atoms with Crippen molar-refractivity contribution in [1.82, 2.24) is 0 Å². The van der Waals surface area contributed by atoms with Gasteiger partial charge in [0.2, 0.25) is 0 Å². The summed E-state index contributed by atoms with van der Waals surface area (Å²) in [5, 5.41) is 8.98. The van der Waals surface area contributed by atoms with Gasteiger partial charge >= 0.3 is 5.97 Å². The summed E-state index contributed by atoms with van der Waals surface area (Å²) in [5.74, 6) is -0.965. The van der Waals surface area contributed by atoms with Crippen LogP contribution in [0, 0.1) is 6.92 Å². The van der Waals surface area contributed by atoms with Gasteiger partial charge in [0.1, 0.15) is 4.88 Å². The zero-order chi connectivity index (χ0) is 11.7. The number of benzene rings is 1. The number of rotatable bonds is 2. The number of carboxylic acid groups (broad SMARTS) is 1. The lowest BCUT2D eigenvalue weighted by molar-refractivity contribution is 0.0703. The minimum Gasteiger partial charge on any atom is -0.477 e. The number of nitrogen functional groups attached to an aromatic ring is 1. The Kier molecular flexibility index (Phi) is 2.66. The van der Waals surface area contributed by atoms with Gasteiger partial charge in [-0.05, 0) is 18.1 Å². The average molecular weight is 233 g/mol. The summed E-state index contributed by atoms with van der Waals surface area (Å²) >= 11 is 1.22. The van der Waals surface area contributed by atoms with Crippen LogP contribution in [0.25, 0.3) is 10.4 Å². The van der Waals surface area contributed by atoms with Crippen molar-refractivity contribution in [1.29, 1.82) is 0 Å². The molecule has 1 aromatic heterocycles. The topological polar surface area (TPSA) is 63.3 Å². The fraction of sp³-hybridized carbons (Fsp3) is 0.0833. The molecule has 0 aliphatic carbocycles. The van der Waals surface area contributed by atoms with E-state index in [1.807, 2.05) is 37.3 Å². The van der Waals surface area contributed by atoms with Gasteiger partial charge in [-0.25, -0.2) is 4.79 Å². The van der Waals surface area contributed by atoms with Gasteiger partial charge < -0.3 is 10.8 Å². The molecule has 82 valence electrons. The van der Waals surface area contributed by atoms with Gasteiger partial charge in [-0.3, -0.25) is 0 Å². The van der Waals surface area contributed by atoms with Crippen LogP contribution in [-0.4, -0.2) is 11.1 Å². The van der Waals surface area contributed by atoms with E-state index in [1.165, 1.54) is 11.3 Å². The third-order valence-corrected chi connectivity index (χ3v) is 3.77. The maximum atomic E-state index is 10.9. The highest BCUT2D eigenvalue weighted by Crippen LogP contribution is 2.37. The molecule has 0 spiro atoms. The fourth-order valence-electron chi connectivity index (χ4n) is 1.55. The van der Waals surface area contributed by atoms with Crippen molar-refractivity contribution >= 4 is 23.0 Å². The Morgan fingerprint density at radius 1 is 1.31 bits per heavy atom. The summed E-state index contributed by atoms with van der Waals surface area (Å²) in [7, 11) is 0. The normalized spacial score (nSPS) is 10.3. The summed E-state index contributed by atoms with van der Waals surface area (Å²) in [5.41, 5.74) is 7.99. The molecule has 1 heterocycles. The average Bonchev–Trinajstić information content (AvgIpc) is 2.58. The molecule has 4 heteroatoms. The standard InChI is InChI=1S/C12H11NO2S/c1-7-9(13)11(12(14)15)16-10(7)8-5-3-2-4-6-8/h2-6H,13H2,1H3,(H,14,15). The van der Waals surface area contributed by atoms with E-state index in [0.717, 1.165) is 16.0 Å². The van der Waals surface area contributed by atoms with Gasteiger partial charge in [-0.15, -0.1) is 11.3 Å². The molecular weight excluding hydrogens is 222 g/mol. The molecule has 0 saturated carbocycles. The summed E-state index contributed by atoms with van der Waals surface area (Å²) in [6.07, 6.45) is 0. The van der Waals surface area contributed by atoms with Gasteiger partial charge in [0.05, 0.1) is 5.69 Å². The number of thiophene rings is 1. The van der Waals surface area contributed by atoms with Crippen LogP contribution in [0.3, 0.4) is 0 Å². The third kappa shape index (κ3) is 1.67. The van der Waals surface area contributed by atoms with Gasteiger partial charge in [0, 0.05) is 4.88 Å². The number of carboxylic acids is 1. The van der Waals surface area contributed by atoms with Crippen LogP contribution < -0.4 is 5.73 Å². The van der Waals surface area contributed by atoms with Crippen molar-refractivity contribution < 1.29 is 9.90 Å². The number of hydrogen-bond acceptors (Lipinski definition) is 3. The minimum absolute atomic E-state index is 0.219. The molecule has 0 aliphatic rings. The Hall–Kier alpha value is -1.81. The van der Waals surface area contributed by atoms with Crippen molar-refractivity contribution in [3.63, 3.8) is 0 Å². The highest BCUT2D eigenvalue weighted by atomic mass is 32.1. The van der Waals surface area contributed by atoms with E-state index < -0.39 is 5.97 Å². The Labute approximate surface area is 97.2 Å². The highest BCUT2D eigenvalue weighted by Gasteiger charge is 2.18. The van der Waals surface area contributed by atoms with E-state index in [9.17, 15) is 4.79 Å². The summed E-state index contributed by atoms with van der Waals surface area (Å²) in [6.45, 7) is 1.85. The van der Waals surface area contributed by atoms with Crippen molar-refractivity contribution in [2.45, 2.75) is 6.92 Å². The minimum atomic E-state index is -0.965. The number of anilines is 1. The van der Waals surface area contributed by atoms with E-state index in [0.29, 0.717) is 5.69 Å². The van der Waals surface area contributed by atoms with Crippen LogP contribution in [0.15, 0.2) is 30.3 Å². The Morgan fingerprint density at radius 2 is 1.94 bits per heavy atom. The first-order valence-electron chi connectivity index (χ1n) is 4.79. The second-order valence-corrected chi connectivity index (χ2v) is 4.49. The summed E-state index contributed by atoms with van der Waals surface area (Å²) in [4.78, 5) is 12.1. The monoisotopic (exact) mass is 233 g/mol. The van der Waals surface area contributed by atoms with Gasteiger partial charge in [-0.1, -0.05) is 30.3 Å². The van der Waals surface area contributed by atoms with Crippen LogP contribution in [0.4, 0.5) is 5.69 Å². The third-order valence-electron chi connectivity index (χ3n) is 2.42. The molecule has 0 saturated heterocycles. The molecule has 2 aromatic rings. The molecule has 2 rings (SSSR count). The van der Waals surface area contributed by atoms with Crippen molar-refractivity contribution in [2.24, 2.45) is 0 Å². The maximum absolute atomic E-state index is 10.9. The molecule has 0 atom stereocenters. The second kappa shape index (κ2) is 3.98. The van der Waals surface area contributed by atoms with Crippen LogP contribution in [0.2, 0.25) is 0 Å². The first kappa shape index (κ1) is 10.7. The molecule has 0 unspecified atom stereocenters. The van der Waals surface area contributed by atoms with E-state index in [-0.39, 0.29) is 4.88 Å². The van der Waals surface area contributed by atoms with Crippen molar-refractivity contribution in [3.8, 4) is 10.4 Å². The predicted octanol–water partition coefficient (Wildman–Crippen LogP) is 3.00. The lowest BCUT2D eigenvalue weighted by Gasteiger charge is -1.98. The summed E-state index contributed by atoms with van der Waals surface area (Å²) in [6, 6.07) is 9.66. The fourth-order valence-corrected chi connectivity index (χ4v) is 2.62. The number of nitrogens with two attached hydrogens (primary N) is 1. The zero-order valence-electron chi connectivity index (χ0n) is 8.73. The molecule has 0 radical (unpaired) electrons. The highest BCUT2D eigenvalue weighted by molar-refractivity contribution is 7.18. The Morgan fingerprint density at radius 3 is 2.44 bits per heavy atom. The quantitative estimate of drug-likeness (QED) is 0.838. The van der Waals surface area contributed by atoms with Crippen molar-refractivity contribution in [3.05, 3.63) is 40.8 Å². The van der Waals surface area contributed by atoms with Gasteiger partial charge in [-0.2, -0.15) is 0 Å². The first-order chi connectivity index (χ1) is 7.61. The lowest BCUT2D eigenvalue weighted by Crippen LogP contribution is -1.97. The van der Waals surface area contributed by atoms with E-state index in [1.54, 1.807) is 0 Å². The predicted molar refractivity (Wildman–Crippen MR) is 65.9 cm³/mol. The molecular formula is C12H11NO2S. The van der Waals surface area contributed by atoms with E-state index in [2.05, 4.69) is 0 Å². The number of hydrogen-bond donors (Lipinski definition) is 2. The molecule has 3 nitrogen and oxygen atoms in total. The van der Waals surface area contributed by atoms with E-state index >= 15 is 0 Å².